The first-order valence-electron chi connectivity index (χ1n) is 9.78. The van der Waals surface area contributed by atoms with Gasteiger partial charge in [-0.2, -0.15) is 0 Å². The molecule has 1 aliphatic heterocycles. The van der Waals surface area contributed by atoms with Crippen LogP contribution in [-0.4, -0.2) is 15.8 Å². The standard InChI is InChI=1S/C24H28O3/c1-23(2)9-4-10-24(3)22(23)14-18-11-16(7-8-21(18)27-24)5-6-17-12-19(25)15-20(26)13-17/h5-8,11-13,15,22,25-26H,4,9-10,14H2,1-3H3/b6-5+/t22-,24+/m1/s1. The number of phenolic OH excluding ortho intramolecular Hbond substituents is 2. The molecule has 2 aromatic rings. The van der Waals surface area contributed by atoms with E-state index in [1.807, 2.05) is 12.2 Å². The first kappa shape index (κ1) is 18.0. The van der Waals surface area contributed by atoms with E-state index in [0.29, 0.717) is 5.92 Å². The number of benzene rings is 2. The number of phenols is 2. The monoisotopic (exact) mass is 364 g/mol. The molecule has 0 unspecified atom stereocenters. The van der Waals surface area contributed by atoms with Gasteiger partial charge in [-0.3, -0.25) is 0 Å². The SMILES string of the molecule is CC1(C)CCC[C@]2(C)Oc3ccc(/C=C/c4cc(O)cc(O)c4)cc3C[C@H]12. The largest absolute Gasteiger partial charge is 0.508 e. The second-order valence-electron chi connectivity index (χ2n) is 9.00. The number of ether oxygens (including phenoxy) is 1. The summed E-state index contributed by atoms with van der Waals surface area (Å²) in [6, 6.07) is 10.9. The average Bonchev–Trinajstić information content (AvgIpc) is 2.57. The quantitative estimate of drug-likeness (QED) is 0.663. The van der Waals surface area contributed by atoms with E-state index < -0.39 is 0 Å². The van der Waals surface area contributed by atoms with Crippen LogP contribution in [0.4, 0.5) is 0 Å². The lowest BCUT2D eigenvalue weighted by Gasteiger charge is -2.53. The number of hydrogen-bond acceptors (Lipinski definition) is 3. The highest BCUT2D eigenvalue weighted by Gasteiger charge is 2.50. The highest BCUT2D eigenvalue weighted by atomic mass is 16.5. The molecule has 2 N–H and O–H groups in total. The van der Waals surface area contributed by atoms with Crippen LogP contribution in [-0.2, 0) is 6.42 Å². The predicted molar refractivity (Wildman–Crippen MR) is 109 cm³/mol. The first-order chi connectivity index (χ1) is 12.7. The molecule has 2 aromatic carbocycles. The molecular weight excluding hydrogens is 336 g/mol. The highest BCUT2D eigenvalue weighted by Crippen LogP contribution is 2.52. The van der Waals surface area contributed by atoms with Crippen LogP contribution < -0.4 is 4.74 Å². The molecule has 0 amide bonds. The van der Waals surface area contributed by atoms with Gasteiger partial charge in [0.05, 0.1) is 0 Å². The van der Waals surface area contributed by atoms with Crippen LogP contribution in [0.25, 0.3) is 12.2 Å². The molecule has 0 spiro atoms. The summed E-state index contributed by atoms with van der Waals surface area (Å²) < 4.78 is 6.52. The molecule has 142 valence electrons. The smallest absolute Gasteiger partial charge is 0.123 e. The van der Waals surface area contributed by atoms with Crippen LogP contribution in [0.15, 0.2) is 36.4 Å². The summed E-state index contributed by atoms with van der Waals surface area (Å²) in [5.41, 5.74) is 3.36. The molecule has 1 saturated carbocycles. The third-order valence-electron chi connectivity index (χ3n) is 6.42. The van der Waals surface area contributed by atoms with Crippen molar-refractivity contribution in [2.75, 3.05) is 0 Å². The molecule has 1 fully saturated rings. The Labute approximate surface area is 161 Å². The Kier molecular flexibility index (Phi) is 4.21. The molecule has 3 nitrogen and oxygen atoms in total. The van der Waals surface area contributed by atoms with E-state index in [1.165, 1.54) is 24.5 Å². The molecule has 27 heavy (non-hydrogen) atoms. The van der Waals surface area contributed by atoms with Crippen molar-refractivity contribution < 1.29 is 14.9 Å². The summed E-state index contributed by atoms with van der Waals surface area (Å²) in [6.07, 6.45) is 8.57. The maximum Gasteiger partial charge on any atom is 0.123 e. The summed E-state index contributed by atoms with van der Waals surface area (Å²) in [4.78, 5) is 0. The van der Waals surface area contributed by atoms with E-state index in [9.17, 15) is 10.2 Å². The molecular formula is C24H28O3. The molecule has 1 aliphatic carbocycles. The summed E-state index contributed by atoms with van der Waals surface area (Å²) in [5.74, 6) is 1.66. The van der Waals surface area contributed by atoms with Gasteiger partial charge in [0.15, 0.2) is 0 Å². The normalized spacial score (nSPS) is 26.3. The van der Waals surface area contributed by atoms with Crippen LogP contribution in [0.2, 0.25) is 0 Å². The number of fused-ring (bicyclic) bond motifs is 2. The van der Waals surface area contributed by atoms with Crippen molar-refractivity contribution in [1.29, 1.82) is 0 Å². The lowest BCUT2D eigenvalue weighted by Crippen LogP contribution is -2.53. The second kappa shape index (κ2) is 6.33. The van der Waals surface area contributed by atoms with Gasteiger partial charge in [-0.05, 0) is 79.0 Å². The van der Waals surface area contributed by atoms with Crippen LogP contribution in [0, 0.1) is 11.3 Å². The molecule has 0 bridgehead atoms. The van der Waals surface area contributed by atoms with Crippen LogP contribution >= 0.6 is 0 Å². The van der Waals surface area contributed by atoms with Gasteiger partial charge < -0.3 is 14.9 Å². The van der Waals surface area contributed by atoms with Gasteiger partial charge in [0.1, 0.15) is 22.8 Å². The molecule has 2 aliphatic rings. The fourth-order valence-electron chi connectivity index (χ4n) is 5.02. The van der Waals surface area contributed by atoms with Crippen molar-refractivity contribution in [2.45, 2.75) is 52.1 Å². The van der Waals surface area contributed by atoms with Gasteiger partial charge in [0, 0.05) is 12.0 Å². The number of aromatic hydroxyl groups is 2. The first-order valence-corrected chi connectivity index (χ1v) is 9.78. The molecule has 1 heterocycles. The van der Waals surface area contributed by atoms with Crippen LogP contribution in [0.3, 0.4) is 0 Å². The van der Waals surface area contributed by atoms with Crippen molar-refractivity contribution in [2.24, 2.45) is 11.3 Å². The van der Waals surface area contributed by atoms with Gasteiger partial charge >= 0.3 is 0 Å². The number of rotatable bonds is 2. The Balaban J connectivity index is 1.62. The third-order valence-corrected chi connectivity index (χ3v) is 6.42. The Bertz CT molecular complexity index is 876. The van der Waals surface area contributed by atoms with Crippen LogP contribution in [0.1, 0.15) is 56.7 Å². The minimum absolute atomic E-state index is 0.0623. The van der Waals surface area contributed by atoms with E-state index in [2.05, 4.69) is 39.0 Å². The minimum atomic E-state index is -0.0643. The van der Waals surface area contributed by atoms with Gasteiger partial charge in [0.2, 0.25) is 0 Å². The fraction of sp³-hybridized carbons (Fsp3) is 0.417. The number of hydrogen-bond donors (Lipinski definition) is 2. The van der Waals surface area contributed by atoms with E-state index in [1.54, 1.807) is 12.1 Å². The summed E-state index contributed by atoms with van der Waals surface area (Å²) in [7, 11) is 0. The molecule has 4 rings (SSSR count). The lowest BCUT2D eigenvalue weighted by molar-refractivity contribution is -0.0815. The van der Waals surface area contributed by atoms with Crippen molar-refractivity contribution in [3.8, 4) is 17.2 Å². The van der Waals surface area contributed by atoms with Crippen molar-refractivity contribution >= 4 is 12.2 Å². The molecule has 3 heteroatoms. The fourth-order valence-corrected chi connectivity index (χ4v) is 5.02. The summed E-state index contributed by atoms with van der Waals surface area (Å²) in [6.45, 7) is 7.03. The molecule has 2 atom stereocenters. The zero-order valence-electron chi connectivity index (χ0n) is 16.3. The topological polar surface area (TPSA) is 49.7 Å². The maximum atomic E-state index is 9.62. The van der Waals surface area contributed by atoms with E-state index >= 15 is 0 Å². The van der Waals surface area contributed by atoms with Crippen molar-refractivity contribution in [3.05, 3.63) is 53.1 Å². The summed E-state index contributed by atoms with van der Waals surface area (Å²) in [5, 5.41) is 19.2. The van der Waals surface area contributed by atoms with Gasteiger partial charge in [-0.25, -0.2) is 0 Å². The average molecular weight is 364 g/mol. The predicted octanol–water partition coefficient (Wildman–Crippen LogP) is 5.79. The molecule has 0 aromatic heterocycles. The Morgan fingerprint density at radius 2 is 1.63 bits per heavy atom. The zero-order valence-corrected chi connectivity index (χ0v) is 16.3. The third kappa shape index (κ3) is 3.43. The van der Waals surface area contributed by atoms with Gasteiger partial charge in [-0.15, -0.1) is 0 Å². The van der Waals surface area contributed by atoms with Crippen molar-refractivity contribution in [1.82, 2.24) is 0 Å². The second-order valence-corrected chi connectivity index (χ2v) is 9.00. The van der Waals surface area contributed by atoms with E-state index in [-0.39, 0.29) is 22.5 Å². The zero-order chi connectivity index (χ0) is 19.2. The van der Waals surface area contributed by atoms with Gasteiger partial charge in [0.25, 0.3) is 0 Å². The molecule has 0 saturated heterocycles. The maximum absolute atomic E-state index is 9.62. The van der Waals surface area contributed by atoms with Gasteiger partial charge in [-0.1, -0.05) is 32.1 Å². The Morgan fingerprint density at radius 1 is 0.926 bits per heavy atom. The minimum Gasteiger partial charge on any atom is -0.508 e. The van der Waals surface area contributed by atoms with E-state index in [0.717, 1.165) is 29.7 Å². The lowest BCUT2D eigenvalue weighted by atomic mass is 9.59. The van der Waals surface area contributed by atoms with E-state index in [4.69, 9.17) is 4.74 Å². The Morgan fingerprint density at radius 3 is 2.37 bits per heavy atom. The summed E-state index contributed by atoms with van der Waals surface area (Å²) >= 11 is 0. The van der Waals surface area contributed by atoms with Crippen LogP contribution in [0.5, 0.6) is 17.2 Å². The molecule has 0 radical (unpaired) electrons. The highest BCUT2D eigenvalue weighted by molar-refractivity contribution is 5.71. The Hall–Kier alpha value is -2.42. The van der Waals surface area contributed by atoms with Crippen molar-refractivity contribution in [3.63, 3.8) is 0 Å².